The van der Waals surface area contributed by atoms with Crippen molar-refractivity contribution in [2.75, 3.05) is 33.5 Å². The molecule has 0 heterocycles. The van der Waals surface area contributed by atoms with Crippen LogP contribution in [0.15, 0.2) is 176 Å². The van der Waals surface area contributed by atoms with Gasteiger partial charge in [0.2, 0.25) is 0 Å². The third-order valence-electron chi connectivity index (χ3n) is 14.3. The molecule has 486 valence electrons. The van der Waals surface area contributed by atoms with Gasteiger partial charge in [0.05, 0.1) is 33.5 Å². The lowest BCUT2D eigenvalue weighted by atomic mass is 9.97. The minimum absolute atomic E-state index is 0. The Hall–Kier alpha value is -7.04. The molecule has 0 saturated heterocycles. The highest BCUT2D eigenvalue weighted by Gasteiger charge is 2.11. The van der Waals surface area contributed by atoms with Crippen LogP contribution < -0.4 is 18.9 Å². The van der Waals surface area contributed by atoms with Gasteiger partial charge in [0.25, 0.3) is 0 Å². The van der Waals surface area contributed by atoms with Crippen molar-refractivity contribution < 1.29 is 43.4 Å². The first-order chi connectivity index (χ1) is 38.2. The molecule has 6 unspecified atom stereocenters. The van der Waals surface area contributed by atoms with Crippen molar-refractivity contribution in [3.8, 4) is 34.5 Å². The largest absolute Gasteiger partial charge is 0.508 e. The van der Waals surface area contributed by atoms with E-state index in [4.69, 9.17) is 43.4 Å². The van der Waals surface area contributed by atoms with Crippen molar-refractivity contribution in [1.29, 1.82) is 0 Å². The summed E-state index contributed by atoms with van der Waals surface area (Å²) >= 11 is 0. The first kappa shape index (κ1) is 86.4. The summed E-state index contributed by atoms with van der Waals surface area (Å²) < 4.78 is 39.9. The summed E-state index contributed by atoms with van der Waals surface area (Å²) in [6.07, 6.45) is 3.90. The van der Waals surface area contributed by atoms with Crippen LogP contribution in [0.1, 0.15) is 206 Å². The number of aromatic hydroxyl groups is 2. The van der Waals surface area contributed by atoms with Crippen LogP contribution in [0.3, 0.4) is 0 Å². The molecule has 0 aromatic heterocycles. The normalized spacial score (nSPS) is 11.9. The molecule has 0 spiro atoms. The molecule has 0 amide bonds. The summed E-state index contributed by atoms with van der Waals surface area (Å²) in [5.41, 5.74) is 6.49. The molecule has 0 fully saturated rings. The van der Waals surface area contributed by atoms with E-state index in [-0.39, 0.29) is 72.0 Å². The van der Waals surface area contributed by atoms with Gasteiger partial charge in [-0.25, -0.2) is 0 Å². The van der Waals surface area contributed by atoms with Gasteiger partial charge in [0, 0.05) is 0 Å². The van der Waals surface area contributed by atoms with Crippen LogP contribution in [0.5, 0.6) is 34.5 Å². The molecule has 0 radical (unpaired) electrons. The van der Waals surface area contributed by atoms with Crippen LogP contribution in [0.2, 0.25) is 0 Å². The lowest BCUT2D eigenvalue weighted by Crippen LogP contribution is -2.19. The van der Waals surface area contributed by atoms with Gasteiger partial charge in [-0.3, -0.25) is 0 Å². The Balaban J connectivity index is -0.000000558. The van der Waals surface area contributed by atoms with Crippen molar-refractivity contribution in [2.24, 2.45) is 0 Å². The average molecular weight is 1200 g/mol. The minimum Gasteiger partial charge on any atom is -0.508 e. The van der Waals surface area contributed by atoms with Gasteiger partial charge in [-0.15, -0.1) is 0 Å². The van der Waals surface area contributed by atoms with E-state index >= 15 is 0 Å². The van der Waals surface area contributed by atoms with E-state index < -0.39 is 0 Å². The molecule has 2 N–H and O–H groups in total. The van der Waals surface area contributed by atoms with Crippen LogP contribution in [-0.2, 0) is 20.8 Å². The molecule has 0 saturated carbocycles. The highest BCUT2D eigenvalue weighted by Crippen LogP contribution is 2.30. The second kappa shape index (κ2) is 47.1. The molecule has 9 heteroatoms. The second-order valence-electron chi connectivity index (χ2n) is 20.0. The van der Waals surface area contributed by atoms with Crippen LogP contribution in [0.25, 0.3) is 21.5 Å². The molecule has 0 aliphatic rings. The molecule has 0 aliphatic heterocycles. The standard InChI is InChI=1S/C29H32O3.C21H28O4.2C10H14O.8CH4/c1-4-21(2)23-13-15-26(16-14-23)32-22(3)31-18-17-30-20-29-27-11-7-5-9-24(27)19-25-10-6-8-12-28(25)29;1-5-16(2)18-6-8-21(9-7-18)25-17(3)23-14-15-24-20-12-10-19(22-4)11-13-20;2*1-3-8(2)9-4-6-10(11)7-5-9;;;;;;;;/h5-16,19,21-22H,4,17-18,20H2,1-3H3;6-13,16-17H,5,14-15H2,1-4H3;2*4-8,11H,3H2,1-2H3;8*1H4. The summed E-state index contributed by atoms with van der Waals surface area (Å²) in [6.45, 7) is 23.8. The van der Waals surface area contributed by atoms with Gasteiger partial charge in [0.1, 0.15) is 41.1 Å². The first-order valence-electron chi connectivity index (χ1n) is 28.3. The maximum Gasteiger partial charge on any atom is 0.197 e. The Morgan fingerprint density at radius 1 is 0.356 bits per heavy atom. The number of hydrogen-bond donors (Lipinski definition) is 2. The third kappa shape index (κ3) is 29.5. The zero-order valence-corrected chi connectivity index (χ0v) is 48.8. The van der Waals surface area contributed by atoms with E-state index in [0.29, 0.717) is 68.2 Å². The van der Waals surface area contributed by atoms with E-state index in [0.717, 1.165) is 48.7 Å². The van der Waals surface area contributed by atoms with Crippen molar-refractivity contribution in [2.45, 2.75) is 197 Å². The maximum atomic E-state index is 9.01. The fraction of sp³-hybridized carbons (Fsp3) is 0.436. The number of rotatable bonds is 24. The van der Waals surface area contributed by atoms with Crippen molar-refractivity contribution in [3.05, 3.63) is 204 Å². The summed E-state index contributed by atoms with van der Waals surface area (Å²) in [7, 11) is 1.64. The van der Waals surface area contributed by atoms with E-state index in [1.54, 1.807) is 31.4 Å². The van der Waals surface area contributed by atoms with E-state index in [1.807, 2.05) is 86.6 Å². The molecular weight excluding hydrogens is 1080 g/mol. The Morgan fingerprint density at radius 3 is 1.01 bits per heavy atom. The van der Waals surface area contributed by atoms with Gasteiger partial charge < -0.3 is 43.4 Å². The fourth-order valence-electron chi connectivity index (χ4n) is 8.51. The van der Waals surface area contributed by atoms with Crippen LogP contribution >= 0.6 is 0 Å². The van der Waals surface area contributed by atoms with Crippen molar-refractivity contribution >= 4 is 21.5 Å². The number of fused-ring (bicyclic) bond motifs is 2. The topological polar surface area (TPSA) is 105 Å². The monoisotopic (exact) mass is 1200 g/mol. The number of hydrogen-bond acceptors (Lipinski definition) is 9. The minimum atomic E-state index is -0.327. The van der Waals surface area contributed by atoms with Crippen LogP contribution in [-0.4, -0.2) is 56.3 Å². The van der Waals surface area contributed by atoms with Gasteiger partial charge >= 0.3 is 0 Å². The Labute approximate surface area is 531 Å². The fourth-order valence-corrected chi connectivity index (χ4v) is 8.51. The number of benzene rings is 8. The SMILES string of the molecule is C.C.C.C.C.C.C.C.CCC(C)c1ccc(O)cc1.CCC(C)c1ccc(O)cc1.CCC(C)c1ccc(OC(C)OCCOCc2c3ccccc3cc3ccccc23)cc1.CCC(C)c1ccc(OC(C)OCCOc2ccc(OC)cc2)cc1. The highest BCUT2D eigenvalue weighted by atomic mass is 16.7. The summed E-state index contributed by atoms with van der Waals surface area (Å²) in [5, 5.41) is 23.0. The molecule has 87 heavy (non-hydrogen) atoms. The van der Waals surface area contributed by atoms with Gasteiger partial charge in [-0.1, -0.05) is 212 Å². The number of phenolic OH excluding ortho intramolecular Hbond substituents is 2. The molecule has 0 bridgehead atoms. The molecule has 8 aromatic rings. The van der Waals surface area contributed by atoms with Crippen LogP contribution in [0.4, 0.5) is 0 Å². The van der Waals surface area contributed by atoms with Gasteiger partial charge in [0.15, 0.2) is 12.6 Å². The van der Waals surface area contributed by atoms with E-state index in [1.165, 1.54) is 49.4 Å². The summed E-state index contributed by atoms with van der Waals surface area (Å²) in [6, 6.07) is 58.1. The van der Waals surface area contributed by atoms with Crippen molar-refractivity contribution in [3.63, 3.8) is 0 Å². The van der Waals surface area contributed by atoms with Gasteiger partial charge in [-0.05, 0) is 191 Å². The molecule has 8 aromatic carbocycles. The predicted octanol–water partition coefficient (Wildman–Crippen LogP) is 23.4. The molecule has 9 nitrogen and oxygen atoms in total. The van der Waals surface area contributed by atoms with E-state index in [9.17, 15) is 0 Å². The second-order valence-corrected chi connectivity index (χ2v) is 20.0. The Morgan fingerprint density at radius 2 is 0.667 bits per heavy atom. The zero-order valence-electron chi connectivity index (χ0n) is 48.8. The summed E-state index contributed by atoms with van der Waals surface area (Å²) in [5.74, 6) is 6.25. The maximum absolute atomic E-state index is 9.01. The summed E-state index contributed by atoms with van der Waals surface area (Å²) in [4.78, 5) is 0. The Bertz CT molecular complexity index is 2800. The molecule has 6 atom stereocenters. The quantitative estimate of drug-likeness (QED) is 0.0348. The van der Waals surface area contributed by atoms with Crippen molar-refractivity contribution in [1.82, 2.24) is 0 Å². The average Bonchev–Trinajstić information content (AvgIpc) is 2.05. The number of methoxy groups -OCH3 is 1. The lowest BCUT2D eigenvalue weighted by molar-refractivity contribution is -0.0847. The predicted molar refractivity (Wildman–Crippen MR) is 379 cm³/mol. The lowest BCUT2D eigenvalue weighted by Gasteiger charge is -2.17. The molecular formula is C78H120O9. The third-order valence-corrected chi connectivity index (χ3v) is 14.3. The molecule has 8 rings (SSSR count). The highest BCUT2D eigenvalue weighted by molar-refractivity contribution is 6.02. The Kier molecular flexibility index (Phi) is 46.8. The van der Waals surface area contributed by atoms with Gasteiger partial charge in [-0.2, -0.15) is 0 Å². The first-order valence-corrected chi connectivity index (χ1v) is 28.3. The van der Waals surface area contributed by atoms with Crippen LogP contribution in [0, 0.1) is 0 Å². The zero-order chi connectivity index (χ0) is 56.9. The number of ether oxygens (including phenoxy) is 7. The smallest absolute Gasteiger partial charge is 0.197 e. The van der Waals surface area contributed by atoms with E-state index in [2.05, 4.69) is 134 Å². The molecule has 0 aliphatic carbocycles. The number of phenols is 2.